The van der Waals surface area contributed by atoms with Crippen molar-refractivity contribution in [3.8, 4) is 0 Å². The number of hydrogen-bond acceptors (Lipinski definition) is 0. The van der Waals surface area contributed by atoms with E-state index in [1.165, 1.54) is 18.0 Å². The smallest absolute Gasteiger partial charge is 0.0654 e. The zero-order valence-corrected chi connectivity index (χ0v) is 11.7. The van der Waals surface area contributed by atoms with Crippen LogP contribution in [0.25, 0.3) is 0 Å². The first kappa shape index (κ1) is 12.1. The fourth-order valence-corrected chi connectivity index (χ4v) is 4.43. The van der Waals surface area contributed by atoms with Gasteiger partial charge in [-0.1, -0.05) is 78.9 Å². The Hall–Kier alpha value is -1.34. The van der Waals surface area contributed by atoms with Gasteiger partial charge >= 0.3 is 0 Å². The third kappa shape index (κ3) is 3.30. The van der Waals surface area contributed by atoms with E-state index in [0.717, 1.165) is 0 Å². The van der Waals surface area contributed by atoms with Crippen LogP contribution >= 0.6 is 0 Å². The molecule has 0 amide bonds. The Morgan fingerprint density at radius 2 is 1.29 bits per heavy atom. The molecule has 0 aromatic heterocycles. The molecule has 0 unspecified atom stereocenters. The summed E-state index contributed by atoms with van der Waals surface area (Å²) >= 11 is 0. The summed E-state index contributed by atoms with van der Waals surface area (Å²) in [6.45, 7) is 4.93. The SMILES string of the molecule is C[Si](C)(CCc1ccccc1)c1ccccc1. The molecule has 1 heteroatoms. The molecule has 0 radical (unpaired) electrons. The molecule has 0 spiro atoms. The van der Waals surface area contributed by atoms with Gasteiger partial charge in [-0.2, -0.15) is 0 Å². The summed E-state index contributed by atoms with van der Waals surface area (Å²) in [5, 5.41) is 1.57. The van der Waals surface area contributed by atoms with Crippen LogP contribution in [0, 0.1) is 0 Å². The first-order chi connectivity index (χ1) is 8.18. The molecule has 0 bridgehead atoms. The maximum atomic E-state index is 2.46. The molecular formula is C16H20Si. The predicted octanol–water partition coefficient (Wildman–Crippen LogP) is 3.84. The minimum absolute atomic E-state index is 1.20. The van der Waals surface area contributed by atoms with Crippen molar-refractivity contribution < 1.29 is 0 Å². The number of hydrogen-bond donors (Lipinski definition) is 0. The summed E-state index contributed by atoms with van der Waals surface area (Å²) in [5.74, 6) is 0. The molecule has 2 aromatic rings. The van der Waals surface area contributed by atoms with Gasteiger partial charge in [-0.05, 0) is 18.0 Å². The highest BCUT2D eigenvalue weighted by Crippen LogP contribution is 2.14. The number of aryl methyl sites for hydroxylation is 1. The zero-order valence-electron chi connectivity index (χ0n) is 10.7. The minimum Gasteiger partial charge on any atom is -0.0654 e. The lowest BCUT2D eigenvalue weighted by atomic mass is 10.2. The van der Waals surface area contributed by atoms with E-state index in [2.05, 4.69) is 73.8 Å². The molecule has 2 rings (SSSR count). The molecule has 0 saturated carbocycles. The van der Waals surface area contributed by atoms with Gasteiger partial charge in [0, 0.05) is 0 Å². The van der Waals surface area contributed by atoms with E-state index in [4.69, 9.17) is 0 Å². The number of benzene rings is 2. The quantitative estimate of drug-likeness (QED) is 0.712. The third-order valence-electron chi connectivity index (χ3n) is 3.44. The fraction of sp³-hybridized carbons (Fsp3) is 0.250. The van der Waals surface area contributed by atoms with Gasteiger partial charge in [-0.3, -0.25) is 0 Å². The largest absolute Gasteiger partial charge is 0.0809 e. The van der Waals surface area contributed by atoms with Gasteiger partial charge in [0.2, 0.25) is 0 Å². The highest BCUT2D eigenvalue weighted by molar-refractivity contribution is 6.89. The summed E-state index contributed by atoms with van der Waals surface area (Å²) < 4.78 is 0. The molecule has 0 nitrogen and oxygen atoms in total. The van der Waals surface area contributed by atoms with Crippen molar-refractivity contribution in [2.75, 3.05) is 0 Å². The number of rotatable bonds is 4. The summed E-state index contributed by atoms with van der Waals surface area (Å²) in [4.78, 5) is 0. The van der Waals surface area contributed by atoms with Gasteiger partial charge in [-0.25, -0.2) is 0 Å². The molecule has 17 heavy (non-hydrogen) atoms. The van der Waals surface area contributed by atoms with Crippen molar-refractivity contribution in [1.29, 1.82) is 0 Å². The van der Waals surface area contributed by atoms with Crippen LogP contribution in [0.5, 0.6) is 0 Å². The average Bonchev–Trinajstić information content (AvgIpc) is 2.39. The Balaban J connectivity index is 2.03. The van der Waals surface area contributed by atoms with E-state index in [1.807, 2.05) is 0 Å². The molecule has 0 heterocycles. The van der Waals surface area contributed by atoms with E-state index in [-0.39, 0.29) is 0 Å². The molecule has 0 aliphatic rings. The first-order valence-corrected chi connectivity index (χ1v) is 9.49. The lowest BCUT2D eigenvalue weighted by Gasteiger charge is -2.22. The maximum absolute atomic E-state index is 2.46. The van der Waals surface area contributed by atoms with Gasteiger partial charge in [0.1, 0.15) is 0 Å². The van der Waals surface area contributed by atoms with Gasteiger partial charge in [0.25, 0.3) is 0 Å². The van der Waals surface area contributed by atoms with Crippen molar-refractivity contribution in [2.24, 2.45) is 0 Å². The van der Waals surface area contributed by atoms with E-state index in [1.54, 1.807) is 5.19 Å². The molecular weight excluding hydrogens is 220 g/mol. The van der Waals surface area contributed by atoms with Crippen LogP contribution in [0.2, 0.25) is 19.1 Å². The average molecular weight is 240 g/mol. The molecule has 0 atom stereocenters. The van der Waals surface area contributed by atoms with E-state index in [9.17, 15) is 0 Å². The second-order valence-electron chi connectivity index (χ2n) is 5.24. The monoisotopic (exact) mass is 240 g/mol. The first-order valence-electron chi connectivity index (χ1n) is 6.28. The van der Waals surface area contributed by atoms with Gasteiger partial charge in [-0.15, -0.1) is 0 Å². The topological polar surface area (TPSA) is 0 Å². The van der Waals surface area contributed by atoms with Crippen LogP contribution in [0.1, 0.15) is 5.56 Å². The second kappa shape index (κ2) is 5.33. The van der Waals surface area contributed by atoms with E-state index in [0.29, 0.717) is 0 Å². The van der Waals surface area contributed by atoms with Gasteiger partial charge in [0.05, 0.1) is 8.07 Å². The Bertz CT molecular complexity index is 445. The maximum Gasteiger partial charge on any atom is 0.0809 e. The molecule has 88 valence electrons. The molecule has 2 aromatic carbocycles. The fourth-order valence-electron chi connectivity index (χ4n) is 2.14. The lowest BCUT2D eigenvalue weighted by molar-refractivity contribution is 1.10. The van der Waals surface area contributed by atoms with Crippen LogP contribution in [0.15, 0.2) is 60.7 Å². The molecule has 0 aliphatic heterocycles. The standard InChI is InChI=1S/C16H20Si/c1-17(2,16-11-7-4-8-12-16)14-13-15-9-5-3-6-10-15/h3-12H,13-14H2,1-2H3. The Labute approximate surface area is 105 Å². The highest BCUT2D eigenvalue weighted by atomic mass is 28.3. The Morgan fingerprint density at radius 1 is 0.765 bits per heavy atom. The lowest BCUT2D eigenvalue weighted by Crippen LogP contribution is -2.41. The summed E-state index contributed by atoms with van der Waals surface area (Å²) in [6.07, 6.45) is 1.20. The predicted molar refractivity (Wildman–Crippen MR) is 78.5 cm³/mol. The van der Waals surface area contributed by atoms with E-state index >= 15 is 0 Å². The van der Waals surface area contributed by atoms with E-state index < -0.39 is 8.07 Å². The van der Waals surface area contributed by atoms with Crippen molar-refractivity contribution in [2.45, 2.75) is 25.6 Å². The van der Waals surface area contributed by atoms with Gasteiger partial charge < -0.3 is 0 Å². The van der Waals surface area contributed by atoms with Crippen molar-refractivity contribution in [3.63, 3.8) is 0 Å². The summed E-state index contributed by atoms with van der Waals surface area (Å²) in [5.41, 5.74) is 1.46. The van der Waals surface area contributed by atoms with Crippen molar-refractivity contribution >= 4 is 13.3 Å². The Morgan fingerprint density at radius 3 is 1.88 bits per heavy atom. The second-order valence-corrected chi connectivity index (χ2v) is 10.1. The van der Waals surface area contributed by atoms with Crippen LogP contribution < -0.4 is 5.19 Å². The zero-order chi connectivity index (χ0) is 12.1. The third-order valence-corrected chi connectivity index (χ3v) is 6.83. The minimum atomic E-state index is -1.26. The van der Waals surface area contributed by atoms with Crippen LogP contribution in [-0.2, 0) is 6.42 Å². The summed E-state index contributed by atoms with van der Waals surface area (Å²) in [6, 6.07) is 23.1. The molecule has 0 N–H and O–H groups in total. The Kier molecular flexibility index (Phi) is 3.80. The van der Waals surface area contributed by atoms with Crippen LogP contribution in [-0.4, -0.2) is 8.07 Å². The molecule has 0 aliphatic carbocycles. The van der Waals surface area contributed by atoms with Crippen molar-refractivity contribution in [1.82, 2.24) is 0 Å². The van der Waals surface area contributed by atoms with Crippen LogP contribution in [0.3, 0.4) is 0 Å². The summed E-state index contributed by atoms with van der Waals surface area (Å²) in [7, 11) is -1.26. The van der Waals surface area contributed by atoms with Crippen molar-refractivity contribution in [3.05, 3.63) is 66.2 Å². The normalized spacial score (nSPS) is 11.4. The van der Waals surface area contributed by atoms with Gasteiger partial charge in [0.15, 0.2) is 0 Å². The highest BCUT2D eigenvalue weighted by Gasteiger charge is 2.22. The van der Waals surface area contributed by atoms with Crippen LogP contribution in [0.4, 0.5) is 0 Å². The molecule has 0 fully saturated rings. The molecule has 0 saturated heterocycles.